The first-order valence-electron chi connectivity index (χ1n) is 6.00. The first kappa shape index (κ1) is 13.8. The Balaban J connectivity index is 2.49. The van der Waals surface area contributed by atoms with Crippen molar-refractivity contribution in [3.63, 3.8) is 0 Å². The molecule has 2 N–H and O–H groups in total. The smallest absolute Gasteiger partial charge is 0.185 e. The molecule has 0 saturated heterocycles. The minimum atomic E-state index is 0.0469. The Labute approximate surface area is 116 Å². The number of nitrogens with zero attached hydrogens (tertiary/aromatic N) is 4. The standard InChI is InChI=1S/C12H16ClN5O/c1-3-8(7-19-2)18-12(15-16-17-18)11-9(13)5-4-6-10(11)14/h4-6,8H,3,7,14H2,1-2H3. The lowest BCUT2D eigenvalue weighted by Crippen LogP contribution is -2.17. The third kappa shape index (κ3) is 2.69. The predicted octanol–water partition coefficient (Wildman–Crippen LogP) is 2.17. The van der Waals surface area contributed by atoms with Crippen molar-refractivity contribution in [2.45, 2.75) is 19.4 Å². The largest absolute Gasteiger partial charge is 0.398 e. The van der Waals surface area contributed by atoms with E-state index in [1.54, 1.807) is 30.0 Å². The number of methoxy groups -OCH3 is 1. The molecule has 6 nitrogen and oxygen atoms in total. The molecular formula is C12H16ClN5O. The molecule has 1 aromatic heterocycles. The minimum absolute atomic E-state index is 0.0469. The second-order valence-electron chi connectivity index (χ2n) is 4.17. The molecule has 1 atom stereocenters. The summed E-state index contributed by atoms with van der Waals surface area (Å²) < 4.78 is 6.90. The van der Waals surface area contributed by atoms with Crippen molar-refractivity contribution < 1.29 is 4.74 Å². The topological polar surface area (TPSA) is 78.8 Å². The van der Waals surface area contributed by atoms with Crippen LogP contribution in [0.3, 0.4) is 0 Å². The van der Waals surface area contributed by atoms with Gasteiger partial charge >= 0.3 is 0 Å². The van der Waals surface area contributed by atoms with E-state index in [2.05, 4.69) is 15.5 Å². The van der Waals surface area contributed by atoms with Gasteiger partial charge in [-0.05, 0) is 29.0 Å². The Morgan fingerprint density at radius 1 is 1.47 bits per heavy atom. The van der Waals surface area contributed by atoms with Crippen molar-refractivity contribution in [1.82, 2.24) is 20.2 Å². The summed E-state index contributed by atoms with van der Waals surface area (Å²) >= 11 is 6.20. The Morgan fingerprint density at radius 2 is 2.26 bits per heavy atom. The van der Waals surface area contributed by atoms with Gasteiger partial charge < -0.3 is 10.5 Å². The summed E-state index contributed by atoms with van der Waals surface area (Å²) in [5, 5.41) is 12.3. The van der Waals surface area contributed by atoms with Gasteiger partial charge in [-0.1, -0.05) is 24.6 Å². The van der Waals surface area contributed by atoms with Crippen LogP contribution in [0, 0.1) is 0 Å². The van der Waals surface area contributed by atoms with E-state index in [1.807, 2.05) is 6.92 Å². The van der Waals surface area contributed by atoms with Gasteiger partial charge in [0.05, 0.1) is 23.2 Å². The molecular weight excluding hydrogens is 266 g/mol. The molecule has 0 aliphatic heterocycles. The van der Waals surface area contributed by atoms with Gasteiger partial charge in [-0.3, -0.25) is 0 Å². The van der Waals surface area contributed by atoms with Gasteiger partial charge in [0.2, 0.25) is 0 Å². The van der Waals surface area contributed by atoms with Gasteiger partial charge in [0.1, 0.15) is 0 Å². The average Bonchev–Trinajstić information content (AvgIpc) is 2.85. The second-order valence-corrected chi connectivity index (χ2v) is 4.58. The van der Waals surface area contributed by atoms with Crippen LogP contribution >= 0.6 is 11.6 Å². The number of nitrogens with two attached hydrogens (primary N) is 1. The maximum atomic E-state index is 6.20. The third-order valence-electron chi connectivity index (χ3n) is 2.94. The molecule has 0 amide bonds. The van der Waals surface area contributed by atoms with Crippen LogP contribution in [-0.2, 0) is 4.74 Å². The van der Waals surface area contributed by atoms with Crippen LogP contribution in [0.25, 0.3) is 11.4 Å². The molecule has 1 unspecified atom stereocenters. The summed E-state index contributed by atoms with van der Waals surface area (Å²) in [5.74, 6) is 0.562. The summed E-state index contributed by atoms with van der Waals surface area (Å²) in [6, 6.07) is 5.38. The number of tetrazole rings is 1. The SMILES string of the molecule is CCC(COC)n1nnnc1-c1c(N)cccc1Cl. The van der Waals surface area contributed by atoms with E-state index >= 15 is 0 Å². The van der Waals surface area contributed by atoms with Gasteiger partial charge in [0.15, 0.2) is 5.82 Å². The van der Waals surface area contributed by atoms with Gasteiger partial charge in [0.25, 0.3) is 0 Å². The van der Waals surface area contributed by atoms with Crippen LogP contribution in [0.1, 0.15) is 19.4 Å². The zero-order chi connectivity index (χ0) is 13.8. The van der Waals surface area contributed by atoms with E-state index in [1.165, 1.54) is 0 Å². The number of hydrogen-bond donors (Lipinski definition) is 1. The monoisotopic (exact) mass is 281 g/mol. The molecule has 102 valence electrons. The lowest BCUT2D eigenvalue weighted by molar-refractivity contribution is 0.147. The van der Waals surface area contributed by atoms with Crippen LogP contribution < -0.4 is 5.73 Å². The van der Waals surface area contributed by atoms with Crippen molar-refractivity contribution in [3.05, 3.63) is 23.2 Å². The van der Waals surface area contributed by atoms with Crippen LogP contribution in [0.2, 0.25) is 5.02 Å². The van der Waals surface area contributed by atoms with Crippen molar-refractivity contribution in [1.29, 1.82) is 0 Å². The van der Waals surface area contributed by atoms with Crippen LogP contribution in [-0.4, -0.2) is 33.9 Å². The maximum absolute atomic E-state index is 6.20. The number of ether oxygens (including phenoxy) is 1. The van der Waals surface area contributed by atoms with Crippen LogP contribution in [0.15, 0.2) is 18.2 Å². The Morgan fingerprint density at radius 3 is 2.89 bits per heavy atom. The Hall–Kier alpha value is -1.66. The molecule has 0 aliphatic rings. The number of anilines is 1. The molecule has 0 spiro atoms. The number of hydrogen-bond acceptors (Lipinski definition) is 5. The van der Waals surface area contributed by atoms with Crippen molar-refractivity contribution in [2.75, 3.05) is 19.5 Å². The first-order valence-corrected chi connectivity index (χ1v) is 6.38. The number of nitrogen functional groups attached to an aromatic ring is 1. The van der Waals surface area contributed by atoms with Crippen LogP contribution in [0.4, 0.5) is 5.69 Å². The second kappa shape index (κ2) is 5.99. The predicted molar refractivity (Wildman–Crippen MR) is 73.9 cm³/mol. The van der Waals surface area contributed by atoms with Crippen LogP contribution in [0.5, 0.6) is 0 Å². The molecule has 7 heteroatoms. The summed E-state index contributed by atoms with van der Waals surface area (Å²) in [7, 11) is 1.65. The molecule has 0 saturated carbocycles. The van der Waals surface area contributed by atoms with E-state index in [0.717, 1.165) is 6.42 Å². The maximum Gasteiger partial charge on any atom is 0.185 e. The summed E-state index contributed by atoms with van der Waals surface area (Å²) in [5.41, 5.74) is 7.18. The molecule has 1 aromatic carbocycles. The number of rotatable bonds is 5. The molecule has 0 radical (unpaired) electrons. The summed E-state index contributed by atoms with van der Waals surface area (Å²) in [6.07, 6.45) is 0.843. The van der Waals surface area contributed by atoms with E-state index in [0.29, 0.717) is 28.7 Å². The normalized spacial score (nSPS) is 12.6. The van der Waals surface area contributed by atoms with Crippen molar-refractivity contribution >= 4 is 17.3 Å². The fourth-order valence-electron chi connectivity index (χ4n) is 1.93. The van der Waals surface area contributed by atoms with Gasteiger partial charge in [-0.25, -0.2) is 4.68 Å². The number of benzene rings is 1. The molecule has 0 bridgehead atoms. The van der Waals surface area contributed by atoms with E-state index in [4.69, 9.17) is 22.1 Å². The Kier molecular flexibility index (Phi) is 4.34. The molecule has 2 rings (SSSR count). The minimum Gasteiger partial charge on any atom is -0.398 e. The highest BCUT2D eigenvalue weighted by Gasteiger charge is 2.20. The Bertz CT molecular complexity index is 537. The van der Waals surface area contributed by atoms with E-state index < -0.39 is 0 Å². The fourth-order valence-corrected chi connectivity index (χ4v) is 2.20. The van der Waals surface area contributed by atoms with E-state index in [-0.39, 0.29) is 6.04 Å². The zero-order valence-electron chi connectivity index (χ0n) is 10.9. The summed E-state index contributed by atoms with van der Waals surface area (Å²) in [6.45, 7) is 2.57. The quantitative estimate of drug-likeness (QED) is 0.850. The lowest BCUT2D eigenvalue weighted by atomic mass is 10.1. The van der Waals surface area contributed by atoms with Gasteiger partial charge in [-0.2, -0.15) is 0 Å². The van der Waals surface area contributed by atoms with Gasteiger partial charge in [0, 0.05) is 12.8 Å². The molecule has 1 heterocycles. The average molecular weight is 282 g/mol. The highest BCUT2D eigenvalue weighted by Crippen LogP contribution is 2.32. The number of halogens is 1. The highest BCUT2D eigenvalue weighted by molar-refractivity contribution is 6.33. The summed E-state index contributed by atoms with van der Waals surface area (Å²) in [4.78, 5) is 0. The molecule has 19 heavy (non-hydrogen) atoms. The molecule has 2 aromatic rings. The first-order chi connectivity index (χ1) is 9.19. The van der Waals surface area contributed by atoms with E-state index in [9.17, 15) is 0 Å². The van der Waals surface area contributed by atoms with Crippen molar-refractivity contribution in [3.8, 4) is 11.4 Å². The van der Waals surface area contributed by atoms with Gasteiger partial charge in [-0.15, -0.1) is 5.10 Å². The highest BCUT2D eigenvalue weighted by atomic mass is 35.5. The molecule has 0 fully saturated rings. The third-order valence-corrected chi connectivity index (χ3v) is 3.25. The lowest BCUT2D eigenvalue weighted by Gasteiger charge is -2.16. The number of aromatic nitrogens is 4. The van der Waals surface area contributed by atoms with Crippen molar-refractivity contribution in [2.24, 2.45) is 0 Å². The zero-order valence-corrected chi connectivity index (χ0v) is 11.6. The fraction of sp³-hybridized carbons (Fsp3) is 0.417. The molecule has 0 aliphatic carbocycles.